The maximum Gasteiger partial charge on any atom is 0.328 e. The van der Waals surface area contributed by atoms with E-state index in [1.165, 1.54) is 19.1 Å². The largest absolute Gasteiger partial charge is 0.480 e. The maximum absolute atomic E-state index is 11.8. The van der Waals surface area contributed by atoms with E-state index in [0.29, 0.717) is 4.47 Å². The van der Waals surface area contributed by atoms with Gasteiger partial charge in [0.25, 0.3) is 5.91 Å². The van der Waals surface area contributed by atoms with Gasteiger partial charge in [0.2, 0.25) is 0 Å². The average Bonchev–Trinajstić information content (AvgIpc) is 2.24. The standard InChI is InChI=1S/C11H13BrN2O4/c1-5(15)9(11(17)18)14-10(16)7-3-2-6(12)4-8(7)13/h2-5,9,15H,13H2,1H3,(H,14,16)(H,17,18)/t5-,9+/m1/s1. The number of nitrogen functional groups attached to an aromatic ring is 1. The number of hydrogen-bond acceptors (Lipinski definition) is 4. The summed E-state index contributed by atoms with van der Waals surface area (Å²) in [4.78, 5) is 22.6. The molecule has 0 aliphatic carbocycles. The highest BCUT2D eigenvalue weighted by molar-refractivity contribution is 9.10. The monoisotopic (exact) mass is 316 g/mol. The molecule has 7 heteroatoms. The van der Waals surface area contributed by atoms with Gasteiger partial charge in [-0.15, -0.1) is 0 Å². The third-order valence-electron chi connectivity index (χ3n) is 2.29. The number of carbonyl (C=O) groups excluding carboxylic acids is 1. The second-order valence-electron chi connectivity index (χ2n) is 3.76. The summed E-state index contributed by atoms with van der Waals surface area (Å²) in [5.74, 6) is -1.96. The van der Waals surface area contributed by atoms with Gasteiger partial charge >= 0.3 is 5.97 Å². The van der Waals surface area contributed by atoms with Crippen molar-refractivity contribution in [3.63, 3.8) is 0 Å². The minimum Gasteiger partial charge on any atom is -0.480 e. The third-order valence-corrected chi connectivity index (χ3v) is 2.79. The number of carboxylic acids is 1. The molecule has 0 unspecified atom stereocenters. The molecule has 0 aliphatic rings. The van der Waals surface area contributed by atoms with Gasteiger partial charge in [-0.25, -0.2) is 4.79 Å². The van der Waals surface area contributed by atoms with Gasteiger partial charge in [0.1, 0.15) is 0 Å². The first-order valence-electron chi connectivity index (χ1n) is 5.09. The zero-order valence-corrected chi connectivity index (χ0v) is 11.1. The van der Waals surface area contributed by atoms with Crippen molar-refractivity contribution < 1.29 is 19.8 Å². The molecule has 0 fully saturated rings. The van der Waals surface area contributed by atoms with E-state index in [-0.39, 0.29) is 11.3 Å². The van der Waals surface area contributed by atoms with Crippen LogP contribution in [0.4, 0.5) is 5.69 Å². The molecule has 2 atom stereocenters. The van der Waals surface area contributed by atoms with Gasteiger partial charge < -0.3 is 21.3 Å². The zero-order chi connectivity index (χ0) is 13.9. The molecule has 0 spiro atoms. The van der Waals surface area contributed by atoms with Crippen LogP contribution in [0.1, 0.15) is 17.3 Å². The fraction of sp³-hybridized carbons (Fsp3) is 0.273. The lowest BCUT2D eigenvalue weighted by Crippen LogP contribution is -2.47. The normalized spacial score (nSPS) is 13.7. The summed E-state index contributed by atoms with van der Waals surface area (Å²) < 4.78 is 0.710. The fourth-order valence-electron chi connectivity index (χ4n) is 1.35. The predicted molar refractivity (Wildman–Crippen MR) is 69.1 cm³/mol. The number of hydrogen-bond donors (Lipinski definition) is 4. The number of benzene rings is 1. The quantitative estimate of drug-likeness (QED) is 0.607. The van der Waals surface area contributed by atoms with Crippen molar-refractivity contribution in [2.45, 2.75) is 19.1 Å². The van der Waals surface area contributed by atoms with E-state index in [4.69, 9.17) is 10.8 Å². The van der Waals surface area contributed by atoms with Gasteiger partial charge in [-0.3, -0.25) is 4.79 Å². The second-order valence-corrected chi connectivity index (χ2v) is 4.68. The number of anilines is 1. The molecule has 0 saturated carbocycles. The van der Waals surface area contributed by atoms with E-state index < -0.39 is 24.0 Å². The maximum atomic E-state index is 11.8. The van der Waals surface area contributed by atoms with E-state index in [0.717, 1.165) is 0 Å². The number of nitrogens with two attached hydrogens (primary N) is 1. The number of aliphatic hydroxyl groups excluding tert-OH is 1. The van der Waals surface area contributed by atoms with Crippen LogP contribution in [0.2, 0.25) is 0 Å². The van der Waals surface area contributed by atoms with Crippen LogP contribution in [0.15, 0.2) is 22.7 Å². The molecule has 0 bridgehead atoms. The molecule has 0 radical (unpaired) electrons. The minimum atomic E-state index is -1.37. The Morgan fingerprint density at radius 2 is 2.06 bits per heavy atom. The number of nitrogens with one attached hydrogen (secondary N) is 1. The highest BCUT2D eigenvalue weighted by atomic mass is 79.9. The van der Waals surface area contributed by atoms with Crippen LogP contribution < -0.4 is 11.1 Å². The number of carbonyl (C=O) groups is 2. The molecule has 98 valence electrons. The Labute approximate surface area is 112 Å². The number of aliphatic carboxylic acids is 1. The van der Waals surface area contributed by atoms with E-state index in [1.807, 2.05) is 0 Å². The first kappa shape index (κ1) is 14.5. The molecule has 1 rings (SSSR count). The second kappa shape index (κ2) is 5.83. The molecule has 0 aliphatic heterocycles. The van der Waals surface area contributed by atoms with Crippen LogP contribution in [-0.2, 0) is 4.79 Å². The molecule has 1 aromatic rings. The van der Waals surface area contributed by atoms with Crippen LogP contribution >= 0.6 is 15.9 Å². The molecule has 18 heavy (non-hydrogen) atoms. The van der Waals surface area contributed by atoms with Gasteiger partial charge in [0.15, 0.2) is 6.04 Å². The molecular formula is C11H13BrN2O4. The molecule has 0 saturated heterocycles. The molecule has 1 aromatic carbocycles. The molecule has 1 amide bonds. The summed E-state index contributed by atoms with van der Waals surface area (Å²) in [6, 6.07) is 3.24. The summed E-state index contributed by atoms with van der Waals surface area (Å²) in [5, 5.41) is 20.3. The fourth-order valence-corrected chi connectivity index (χ4v) is 1.73. The Bertz CT molecular complexity index is 476. The van der Waals surface area contributed by atoms with Crippen LogP contribution in [0.25, 0.3) is 0 Å². The van der Waals surface area contributed by atoms with Crippen molar-refractivity contribution in [1.82, 2.24) is 5.32 Å². The number of carboxylic acid groups (broad SMARTS) is 1. The Hall–Kier alpha value is -1.60. The highest BCUT2D eigenvalue weighted by Crippen LogP contribution is 2.18. The Kier molecular flexibility index (Phi) is 4.69. The number of aliphatic hydroxyl groups is 1. The first-order chi connectivity index (χ1) is 8.32. The van der Waals surface area contributed by atoms with Crippen molar-refractivity contribution >= 4 is 33.5 Å². The smallest absolute Gasteiger partial charge is 0.328 e. The molecule has 5 N–H and O–H groups in total. The van der Waals surface area contributed by atoms with Crippen LogP contribution in [0.5, 0.6) is 0 Å². The van der Waals surface area contributed by atoms with Crippen molar-refractivity contribution in [3.05, 3.63) is 28.2 Å². The average molecular weight is 317 g/mol. The summed E-state index contributed by atoms with van der Waals surface area (Å²) in [7, 11) is 0. The SMILES string of the molecule is C[C@@H](O)[C@H](NC(=O)c1ccc(Br)cc1N)C(=O)O. The lowest BCUT2D eigenvalue weighted by Gasteiger charge is -2.17. The van der Waals surface area contributed by atoms with Crippen LogP contribution in [0.3, 0.4) is 0 Å². The lowest BCUT2D eigenvalue weighted by molar-refractivity contribution is -0.141. The number of halogens is 1. The van der Waals surface area contributed by atoms with Crippen molar-refractivity contribution in [1.29, 1.82) is 0 Å². The van der Waals surface area contributed by atoms with Crippen molar-refractivity contribution in [2.75, 3.05) is 5.73 Å². The first-order valence-corrected chi connectivity index (χ1v) is 5.89. The highest BCUT2D eigenvalue weighted by Gasteiger charge is 2.26. The Morgan fingerprint density at radius 3 is 2.50 bits per heavy atom. The van der Waals surface area contributed by atoms with Gasteiger partial charge in [-0.05, 0) is 25.1 Å². The van der Waals surface area contributed by atoms with Gasteiger partial charge in [-0.2, -0.15) is 0 Å². The molecular weight excluding hydrogens is 304 g/mol. The lowest BCUT2D eigenvalue weighted by atomic mass is 10.1. The van der Waals surface area contributed by atoms with Crippen LogP contribution in [-0.4, -0.2) is 34.2 Å². The summed E-state index contributed by atoms with van der Waals surface area (Å²) in [6.45, 7) is 1.28. The Balaban J connectivity index is 2.91. The summed E-state index contributed by atoms with van der Waals surface area (Å²) in [6.07, 6.45) is -1.21. The summed E-state index contributed by atoms with van der Waals surface area (Å²) in [5.41, 5.74) is 6.03. The number of amides is 1. The topological polar surface area (TPSA) is 113 Å². The van der Waals surface area contributed by atoms with E-state index in [9.17, 15) is 14.7 Å². The minimum absolute atomic E-state index is 0.158. The zero-order valence-electron chi connectivity index (χ0n) is 9.55. The van der Waals surface area contributed by atoms with Gasteiger partial charge in [-0.1, -0.05) is 15.9 Å². The summed E-state index contributed by atoms with van der Waals surface area (Å²) >= 11 is 3.20. The number of rotatable bonds is 4. The third kappa shape index (κ3) is 3.44. The van der Waals surface area contributed by atoms with Gasteiger partial charge in [0, 0.05) is 10.2 Å². The molecule has 0 heterocycles. The van der Waals surface area contributed by atoms with E-state index in [1.54, 1.807) is 6.07 Å². The van der Waals surface area contributed by atoms with Crippen LogP contribution in [0, 0.1) is 0 Å². The van der Waals surface area contributed by atoms with Crippen molar-refractivity contribution in [3.8, 4) is 0 Å². The predicted octanol–water partition coefficient (Wildman–Crippen LogP) is 0.595. The molecule has 6 nitrogen and oxygen atoms in total. The van der Waals surface area contributed by atoms with Gasteiger partial charge in [0.05, 0.1) is 11.7 Å². The Morgan fingerprint density at radius 1 is 1.44 bits per heavy atom. The van der Waals surface area contributed by atoms with E-state index in [2.05, 4.69) is 21.2 Å². The van der Waals surface area contributed by atoms with E-state index >= 15 is 0 Å². The van der Waals surface area contributed by atoms with Crippen molar-refractivity contribution in [2.24, 2.45) is 0 Å². The molecule has 0 aromatic heterocycles.